The van der Waals surface area contributed by atoms with Crippen LogP contribution in [-0.2, 0) is 6.42 Å². The van der Waals surface area contributed by atoms with Gasteiger partial charge in [0.2, 0.25) is 0 Å². The summed E-state index contributed by atoms with van der Waals surface area (Å²) in [5.74, 6) is 0.649. The first-order valence-electron chi connectivity index (χ1n) is 9.15. The van der Waals surface area contributed by atoms with Gasteiger partial charge in [-0.15, -0.1) is 0 Å². The average molecular weight is 329 g/mol. The highest BCUT2D eigenvalue weighted by atomic mass is 28.3. The second kappa shape index (κ2) is 4.83. The Labute approximate surface area is 145 Å². The standard InChI is InChI=1S/C23H24Si/c1-15-12-16-8-4-7-11-20(16)23-21(15)14-18-13-17-9-5-6-10-19(17)22(18)24(23,2)3/h4-11,13,18,23H,12,14H2,1-3H3/t18-,23+/m0/s1. The van der Waals surface area contributed by atoms with Crippen LogP contribution in [0.5, 0.6) is 0 Å². The molecule has 2 aliphatic carbocycles. The van der Waals surface area contributed by atoms with Crippen molar-refractivity contribution in [3.63, 3.8) is 0 Å². The quantitative estimate of drug-likeness (QED) is 0.505. The summed E-state index contributed by atoms with van der Waals surface area (Å²) in [5, 5.41) is 4.83. The Kier molecular flexibility index (Phi) is 2.91. The number of rotatable bonds is 0. The fourth-order valence-electron chi connectivity index (χ4n) is 5.69. The van der Waals surface area contributed by atoms with Crippen LogP contribution in [0.2, 0.25) is 13.1 Å². The monoisotopic (exact) mass is 328 g/mol. The lowest BCUT2D eigenvalue weighted by molar-refractivity contribution is 0.743. The molecular weight excluding hydrogens is 304 g/mol. The normalized spacial score (nSPS) is 26.2. The Morgan fingerprint density at radius 3 is 2.58 bits per heavy atom. The molecule has 24 heavy (non-hydrogen) atoms. The molecule has 0 spiro atoms. The molecule has 0 radical (unpaired) electrons. The molecule has 0 aromatic heterocycles. The van der Waals surface area contributed by atoms with Gasteiger partial charge in [-0.3, -0.25) is 0 Å². The topological polar surface area (TPSA) is 0 Å². The van der Waals surface area contributed by atoms with E-state index in [1.54, 1.807) is 32.7 Å². The molecule has 0 unspecified atom stereocenters. The summed E-state index contributed by atoms with van der Waals surface area (Å²) in [6, 6.07) is 18.3. The van der Waals surface area contributed by atoms with Crippen molar-refractivity contribution in [2.45, 2.75) is 38.4 Å². The van der Waals surface area contributed by atoms with Crippen LogP contribution in [0.25, 0.3) is 11.3 Å². The van der Waals surface area contributed by atoms with E-state index in [4.69, 9.17) is 0 Å². The molecule has 5 rings (SSSR count). The molecule has 0 nitrogen and oxygen atoms in total. The van der Waals surface area contributed by atoms with E-state index in [2.05, 4.69) is 74.6 Å². The van der Waals surface area contributed by atoms with Crippen LogP contribution in [0, 0.1) is 5.92 Å². The molecule has 1 aliphatic heterocycles. The Hall–Kier alpha value is -1.86. The maximum absolute atomic E-state index is 2.62. The molecule has 1 fully saturated rings. The van der Waals surface area contributed by atoms with Crippen molar-refractivity contribution >= 4 is 19.3 Å². The zero-order valence-electron chi connectivity index (χ0n) is 14.8. The third-order valence-electron chi connectivity index (χ3n) is 6.58. The van der Waals surface area contributed by atoms with E-state index < -0.39 is 8.07 Å². The maximum atomic E-state index is 2.62. The van der Waals surface area contributed by atoms with Gasteiger partial charge < -0.3 is 0 Å². The Morgan fingerprint density at radius 2 is 1.71 bits per heavy atom. The fourth-order valence-corrected chi connectivity index (χ4v) is 10.4. The summed E-state index contributed by atoms with van der Waals surface area (Å²) in [6.07, 6.45) is 4.95. The zero-order valence-corrected chi connectivity index (χ0v) is 15.8. The Morgan fingerprint density at radius 1 is 0.958 bits per heavy atom. The number of allylic oxidation sites excluding steroid dienone is 2. The predicted molar refractivity (Wildman–Crippen MR) is 105 cm³/mol. The molecule has 1 heteroatoms. The first-order valence-corrected chi connectivity index (χ1v) is 12.2. The van der Waals surface area contributed by atoms with Gasteiger partial charge in [0.1, 0.15) is 0 Å². The summed E-state index contributed by atoms with van der Waals surface area (Å²) in [6.45, 7) is 7.62. The van der Waals surface area contributed by atoms with Gasteiger partial charge in [-0.25, -0.2) is 0 Å². The summed E-state index contributed by atoms with van der Waals surface area (Å²) in [4.78, 5) is 0. The molecular formula is C23H24Si. The van der Waals surface area contributed by atoms with E-state index in [9.17, 15) is 0 Å². The zero-order chi connectivity index (χ0) is 16.5. The highest BCUT2D eigenvalue weighted by Gasteiger charge is 2.48. The first-order chi connectivity index (χ1) is 11.6. The largest absolute Gasteiger partial charge is 0.0888 e. The molecule has 2 atom stereocenters. The van der Waals surface area contributed by atoms with Crippen molar-refractivity contribution in [3.05, 3.63) is 81.2 Å². The minimum atomic E-state index is -1.60. The first kappa shape index (κ1) is 14.5. The number of hydrogen-bond donors (Lipinski definition) is 0. The highest BCUT2D eigenvalue weighted by Crippen LogP contribution is 2.53. The molecule has 1 heterocycles. The van der Waals surface area contributed by atoms with Crippen molar-refractivity contribution in [2.24, 2.45) is 5.92 Å². The molecule has 0 N–H and O–H groups in total. The molecule has 0 amide bonds. The smallest absolute Gasteiger partial charge is 0.0695 e. The van der Waals surface area contributed by atoms with Crippen LogP contribution >= 0.6 is 0 Å². The van der Waals surface area contributed by atoms with Crippen molar-refractivity contribution in [3.8, 4) is 0 Å². The third kappa shape index (κ3) is 1.79. The van der Waals surface area contributed by atoms with Crippen molar-refractivity contribution in [1.29, 1.82) is 0 Å². The average Bonchev–Trinajstić information content (AvgIpc) is 2.94. The minimum Gasteiger partial charge on any atom is -0.0695 e. The van der Waals surface area contributed by atoms with Crippen molar-refractivity contribution in [2.75, 3.05) is 0 Å². The van der Waals surface area contributed by atoms with Gasteiger partial charge in [-0.1, -0.05) is 84.0 Å². The lowest BCUT2D eigenvalue weighted by Gasteiger charge is -2.47. The van der Waals surface area contributed by atoms with Crippen LogP contribution in [0.4, 0.5) is 0 Å². The summed E-state index contributed by atoms with van der Waals surface area (Å²) < 4.78 is 0. The second-order valence-corrected chi connectivity index (χ2v) is 12.9. The molecule has 0 saturated carbocycles. The van der Waals surface area contributed by atoms with Crippen molar-refractivity contribution < 1.29 is 0 Å². The lowest BCUT2D eigenvalue weighted by atomic mass is 9.81. The van der Waals surface area contributed by atoms with Crippen LogP contribution < -0.4 is 10.4 Å². The Bertz CT molecular complexity index is 1010. The maximum Gasteiger partial charge on any atom is 0.0888 e. The molecule has 2 aromatic rings. The number of benzene rings is 2. The Balaban J connectivity index is 1.82. The van der Waals surface area contributed by atoms with Gasteiger partial charge in [0, 0.05) is 5.54 Å². The fraction of sp³-hybridized carbons (Fsp3) is 0.304. The van der Waals surface area contributed by atoms with E-state index in [0.29, 0.717) is 11.5 Å². The van der Waals surface area contributed by atoms with Crippen LogP contribution in [0.1, 0.15) is 30.0 Å². The van der Waals surface area contributed by atoms with E-state index in [1.165, 1.54) is 11.6 Å². The SMILES string of the molecule is CC1=C2C[C@@H]3C=c4ccccc4=C3[Si](C)(C)[C@@H]2c2ccccc2C1. The number of fused-ring (bicyclic) bond motifs is 5. The summed E-state index contributed by atoms with van der Waals surface area (Å²) in [7, 11) is -1.60. The van der Waals surface area contributed by atoms with Gasteiger partial charge in [0.15, 0.2) is 0 Å². The van der Waals surface area contributed by atoms with Crippen LogP contribution in [0.15, 0.2) is 59.7 Å². The minimum absolute atomic E-state index is 0.649. The van der Waals surface area contributed by atoms with Gasteiger partial charge in [0.25, 0.3) is 0 Å². The van der Waals surface area contributed by atoms with Gasteiger partial charge in [0.05, 0.1) is 8.07 Å². The van der Waals surface area contributed by atoms with Gasteiger partial charge in [-0.2, -0.15) is 0 Å². The highest BCUT2D eigenvalue weighted by molar-refractivity contribution is 6.95. The predicted octanol–water partition coefficient (Wildman–Crippen LogP) is 4.09. The van der Waals surface area contributed by atoms with Gasteiger partial charge >= 0.3 is 0 Å². The number of hydrogen-bond acceptors (Lipinski definition) is 0. The van der Waals surface area contributed by atoms with E-state index in [-0.39, 0.29) is 0 Å². The lowest BCUT2D eigenvalue weighted by Crippen LogP contribution is -2.48. The molecule has 120 valence electrons. The molecule has 0 bridgehead atoms. The van der Waals surface area contributed by atoms with Crippen molar-refractivity contribution in [1.82, 2.24) is 0 Å². The van der Waals surface area contributed by atoms with Gasteiger partial charge in [-0.05, 0) is 47.2 Å². The molecule has 2 aromatic carbocycles. The van der Waals surface area contributed by atoms with E-state index >= 15 is 0 Å². The van der Waals surface area contributed by atoms with E-state index in [0.717, 1.165) is 6.42 Å². The summed E-state index contributed by atoms with van der Waals surface area (Å²) in [5.41, 5.74) is 7.28. The van der Waals surface area contributed by atoms with Crippen LogP contribution in [0.3, 0.4) is 0 Å². The molecule has 3 aliphatic rings. The summed E-state index contributed by atoms with van der Waals surface area (Å²) >= 11 is 0. The third-order valence-corrected chi connectivity index (χ3v) is 10.7. The second-order valence-electron chi connectivity index (χ2n) is 8.31. The van der Waals surface area contributed by atoms with E-state index in [1.807, 2.05) is 0 Å². The van der Waals surface area contributed by atoms with Crippen LogP contribution in [-0.4, -0.2) is 8.07 Å². The molecule has 1 saturated heterocycles.